The number of carbonyl (C=O) groups is 1. The Hall–Kier alpha value is -1.38. The van der Waals surface area contributed by atoms with Gasteiger partial charge < -0.3 is 14.9 Å². The molecule has 1 aliphatic rings. The Morgan fingerprint density at radius 2 is 2.32 bits per heavy atom. The summed E-state index contributed by atoms with van der Waals surface area (Å²) < 4.78 is 35.5. The molecule has 2 heterocycles. The first-order valence-electron chi connectivity index (χ1n) is 5.98. The highest BCUT2D eigenvalue weighted by atomic mass is 32.2. The molecule has 0 spiro atoms. The maximum absolute atomic E-state index is 12.2. The molecule has 2 N–H and O–H groups in total. The minimum absolute atomic E-state index is 0.121. The van der Waals surface area contributed by atoms with Crippen molar-refractivity contribution in [2.75, 3.05) is 19.7 Å². The zero-order valence-corrected chi connectivity index (χ0v) is 11.4. The van der Waals surface area contributed by atoms with E-state index < -0.39 is 16.0 Å². The van der Waals surface area contributed by atoms with Crippen LogP contribution in [0.5, 0.6) is 0 Å². The average Bonchev–Trinajstić information content (AvgIpc) is 2.97. The monoisotopic (exact) mass is 288 g/mol. The summed E-state index contributed by atoms with van der Waals surface area (Å²) >= 11 is 0. The highest BCUT2D eigenvalue weighted by Gasteiger charge is 2.33. The third-order valence-corrected chi connectivity index (χ3v) is 4.58. The van der Waals surface area contributed by atoms with Crippen LogP contribution in [0.1, 0.15) is 23.9 Å². The molecule has 0 saturated carbocycles. The highest BCUT2D eigenvalue weighted by Crippen LogP contribution is 2.22. The smallest absolute Gasteiger partial charge is 0.374 e. The van der Waals surface area contributed by atoms with Crippen molar-refractivity contribution in [1.82, 2.24) is 4.31 Å². The number of esters is 1. The molecule has 1 aromatic rings. The second-order valence-electron chi connectivity index (χ2n) is 4.25. The van der Waals surface area contributed by atoms with Gasteiger partial charge in [0, 0.05) is 19.1 Å². The van der Waals surface area contributed by atoms with Crippen molar-refractivity contribution < 1.29 is 22.4 Å². The van der Waals surface area contributed by atoms with Crippen LogP contribution in [0.4, 0.5) is 0 Å². The van der Waals surface area contributed by atoms with Crippen LogP contribution in [-0.4, -0.2) is 44.4 Å². The molecular weight excluding hydrogens is 272 g/mol. The van der Waals surface area contributed by atoms with E-state index in [1.165, 1.54) is 16.4 Å². The first kappa shape index (κ1) is 14.0. The topological polar surface area (TPSA) is 103 Å². The molecule has 1 fully saturated rings. The van der Waals surface area contributed by atoms with Crippen LogP contribution in [0.2, 0.25) is 0 Å². The standard InChI is InChI=1S/C11H16N2O5S/c1-2-17-11(14)9-3-4-10(18-9)19(15,16)13-6-5-8(12)7-13/h3-4,8H,2,5-7,12H2,1H3/t8-/m1/s1. The maximum atomic E-state index is 12.2. The van der Waals surface area contributed by atoms with Crippen LogP contribution in [0, 0.1) is 0 Å². The summed E-state index contributed by atoms with van der Waals surface area (Å²) in [6.07, 6.45) is 0.616. The number of hydrogen-bond donors (Lipinski definition) is 1. The van der Waals surface area contributed by atoms with Gasteiger partial charge >= 0.3 is 5.97 Å². The highest BCUT2D eigenvalue weighted by molar-refractivity contribution is 7.89. The number of carbonyl (C=O) groups excluding carboxylic acids is 1. The maximum Gasteiger partial charge on any atom is 0.374 e. The number of nitrogens with zero attached hydrogens (tertiary/aromatic N) is 1. The Kier molecular flexibility index (Phi) is 3.93. The molecule has 0 aliphatic carbocycles. The summed E-state index contributed by atoms with van der Waals surface area (Å²) in [5.74, 6) is -0.800. The first-order valence-corrected chi connectivity index (χ1v) is 7.42. The minimum Gasteiger partial charge on any atom is -0.460 e. The number of furan rings is 1. The van der Waals surface area contributed by atoms with Crippen molar-refractivity contribution >= 4 is 16.0 Å². The first-order chi connectivity index (χ1) is 8.95. The van der Waals surface area contributed by atoms with Crippen LogP contribution in [0.15, 0.2) is 21.6 Å². The fourth-order valence-electron chi connectivity index (χ4n) is 1.87. The van der Waals surface area contributed by atoms with E-state index in [1.54, 1.807) is 6.92 Å². The fourth-order valence-corrected chi connectivity index (χ4v) is 3.29. The van der Waals surface area contributed by atoms with Crippen LogP contribution in [0.25, 0.3) is 0 Å². The summed E-state index contributed by atoms with van der Waals surface area (Å²) in [4.78, 5) is 11.4. The van der Waals surface area contributed by atoms with E-state index in [9.17, 15) is 13.2 Å². The van der Waals surface area contributed by atoms with Crippen LogP contribution in [-0.2, 0) is 14.8 Å². The van der Waals surface area contributed by atoms with Crippen molar-refractivity contribution in [3.8, 4) is 0 Å². The zero-order valence-electron chi connectivity index (χ0n) is 10.5. The molecule has 0 amide bonds. The lowest BCUT2D eigenvalue weighted by Crippen LogP contribution is -2.31. The summed E-state index contributed by atoms with van der Waals surface area (Å²) in [5, 5.41) is -0.260. The van der Waals surface area contributed by atoms with Gasteiger partial charge in [0.2, 0.25) is 10.9 Å². The Morgan fingerprint density at radius 1 is 1.58 bits per heavy atom. The van der Waals surface area contributed by atoms with Crippen LogP contribution < -0.4 is 5.73 Å². The Bertz CT molecular complexity index is 565. The van der Waals surface area contributed by atoms with Gasteiger partial charge in [-0.1, -0.05) is 0 Å². The molecule has 0 radical (unpaired) electrons. The van der Waals surface area contributed by atoms with Crippen molar-refractivity contribution in [3.05, 3.63) is 17.9 Å². The van der Waals surface area contributed by atoms with Gasteiger partial charge in [-0.15, -0.1) is 0 Å². The lowest BCUT2D eigenvalue weighted by atomic mass is 10.3. The fraction of sp³-hybridized carbons (Fsp3) is 0.545. The summed E-state index contributed by atoms with van der Waals surface area (Å²) in [5.41, 5.74) is 5.68. The zero-order chi connectivity index (χ0) is 14.0. The van der Waals surface area contributed by atoms with Gasteiger partial charge in [0.1, 0.15) is 0 Å². The van der Waals surface area contributed by atoms with Crippen molar-refractivity contribution in [1.29, 1.82) is 0 Å². The molecular formula is C11H16N2O5S. The third-order valence-electron chi connectivity index (χ3n) is 2.84. The number of hydrogen-bond acceptors (Lipinski definition) is 6. The van der Waals surface area contributed by atoms with Gasteiger partial charge in [-0.05, 0) is 25.5 Å². The molecule has 0 bridgehead atoms. The van der Waals surface area contributed by atoms with E-state index >= 15 is 0 Å². The Morgan fingerprint density at radius 3 is 2.89 bits per heavy atom. The predicted molar refractivity (Wildman–Crippen MR) is 66.0 cm³/mol. The number of ether oxygens (including phenoxy) is 1. The lowest BCUT2D eigenvalue weighted by molar-refractivity contribution is 0.0484. The quantitative estimate of drug-likeness (QED) is 0.793. The molecule has 2 rings (SSSR count). The van der Waals surface area contributed by atoms with Crippen molar-refractivity contribution in [3.63, 3.8) is 0 Å². The van der Waals surface area contributed by atoms with E-state index in [4.69, 9.17) is 14.9 Å². The van der Waals surface area contributed by atoms with Gasteiger partial charge in [0.05, 0.1) is 6.61 Å². The second kappa shape index (κ2) is 5.32. The summed E-state index contributed by atoms with van der Waals surface area (Å²) in [6, 6.07) is 2.39. The van der Waals surface area contributed by atoms with Gasteiger partial charge in [-0.25, -0.2) is 13.2 Å². The van der Waals surface area contributed by atoms with Gasteiger partial charge in [0.25, 0.3) is 10.0 Å². The van der Waals surface area contributed by atoms with Crippen molar-refractivity contribution in [2.24, 2.45) is 5.73 Å². The number of rotatable bonds is 4. The van der Waals surface area contributed by atoms with Crippen LogP contribution in [0.3, 0.4) is 0 Å². The molecule has 7 nitrogen and oxygen atoms in total. The van der Waals surface area contributed by atoms with Gasteiger partial charge in [0.15, 0.2) is 0 Å². The van der Waals surface area contributed by atoms with Crippen molar-refractivity contribution in [2.45, 2.75) is 24.5 Å². The average molecular weight is 288 g/mol. The van der Waals surface area contributed by atoms with Crippen LogP contribution >= 0.6 is 0 Å². The van der Waals surface area contributed by atoms with E-state index in [1.807, 2.05) is 0 Å². The molecule has 0 aromatic carbocycles. The molecule has 1 atom stereocenters. The number of sulfonamides is 1. The largest absolute Gasteiger partial charge is 0.460 e. The Balaban J connectivity index is 2.20. The lowest BCUT2D eigenvalue weighted by Gasteiger charge is -2.13. The molecule has 1 saturated heterocycles. The van der Waals surface area contributed by atoms with Gasteiger partial charge in [-0.2, -0.15) is 4.31 Å². The van der Waals surface area contributed by atoms with E-state index in [0.29, 0.717) is 13.0 Å². The molecule has 8 heteroatoms. The summed E-state index contributed by atoms with van der Waals surface area (Å²) in [7, 11) is -3.72. The predicted octanol–water partition coefficient (Wildman–Crippen LogP) is 0.178. The molecule has 1 aliphatic heterocycles. The van der Waals surface area contributed by atoms with E-state index in [-0.39, 0.29) is 30.0 Å². The molecule has 1 aromatic heterocycles. The minimum atomic E-state index is -3.72. The summed E-state index contributed by atoms with van der Waals surface area (Å²) in [6.45, 7) is 2.48. The van der Waals surface area contributed by atoms with E-state index in [2.05, 4.69) is 0 Å². The SMILES string of the molecule is CCOC(=O)c1ccc(S(=O)(=O)N2CC[C@@H](N)C2)o1. The Labute approximate surface area is 111 Å². The van der Waals surface area contributed by atoms with Gasteiger partial charge in [-0.3, -0.25) is 0 Å². The molecule has 0 unspecified atom stereocenters. The number of nitrogens with two attached hydrogens (primary N) is 1. The van der Waals surface area contributed by atoms with E-state index in [0.717, 1.165) is 0 Å². The molecule has 106 valence electrons. The molecule has 19 heavy (non-hydrogen) atoms. The normalized spacial score (nSPS) is 20.6. The second-order valence-corrected chi connectivity index (χ2v) is 6.12. The third kappa shape index (κ3) is 2.80.